The van der Waals surface area contributed by atoms with Crippen LogP contribution in [-0.4, -0.2) is 37.4 Å². The van der Waals surface area contributed by atoms with Gasteiger partial charge >= 0.3 is 0 Å². The number of hydrogen-bond acceptors (Lipinski definition) is 5. The lowest BCUT2D eigenvalue weighted by Gasteiger charge is -2.56. The van der Waals surface area contributed by atoms with Crippen LogP contribution in [0.1, 0.15) is 38.5 Å². The van der Waals surface area contributed by atoms with E-state index in [1.54, 1.807) is 0 Å². The molecule has 1 amide bonds. The average Bonchev–Trinajstić information content (AvgIpc) is 3.02. The van der Waals surface area contributed by atoms with Crippen LogP contribution < -0.4 is 5.32 Å². The van der Waals surface area contributed by atoms with Crippen LogP contribution in [0.3, 0.4) is 0 Å². The van der Waals surface area contributed by atoms with Gasteiger partial charge in [0.15, 0.2) is 5.65 Å². The lowest BCUT2D eigenvalue weighted by Crippen LogP contribution is -2.60. The predicted octanol–water partition coefficient (Wildman–Crippen LogP) is 3.68. The normalized spacial score (nSPS) is 30.9. The van der Waals surface area contributed by atoms with E-state index in [-0.39, 0.29) is 11.4 Å². The summed E-state index contributed by atoms with van der Waals surface area (Å²) in [6.45, 7) is 0. The predicted molar refractivity (Wildman–Crippen MR) is 109 cm³/mol. The van der Waals surface area contributed by atoms with Crippen molar-refractivity contribution in [2.24, 2.45) is 17.8 Å². The molecule has 0 aliphatic heterocycles. The van der Waals surface area contributed by atoms with Gasteiger partial charge in [0.25, 0.3) is 0 Å². The molecular weight excluding hydrogens is 370 g/mol. The zero-order chi connectivity index (χ0) is 18.7. The number of aromatic nitrogens is 4. The summed E-state index contributed by atoms with van der Waals surface area (Å²) >= 11 is 1.37. The van der Waals surface area contributed by atoms with E-state index in [0.717, 1.165) is 39.8 Å². The summed E-state index contributed by atoms with van der Waals surface area (Å²) in [5, 5.41) is 13.5. The molecule has 4 bridgehead atoms. The van der Waals surface area contributed by atoms with Crippen molar-refractivity contribution in [3.05, 3.63) is 24.3 Å². The van der Waals surface area contributed by atoms with Crippen molar-refractivity contribution in [1.29, 1.82) is 0 Å². The maximum Gasteiger partial charge on any atom is 0.230 e. The minimum atomic E-state index is 0.0621. The lowest BCUT2D eigenvalue weighted by atomic mass is 9.53. The maximum atomic E-state index is 12.7. The Morgan fingerprint density at radius 3 is 2.57 bits per heavy atom. The van der Waals surface area contributed by atoms with Crippen molar-refractivity contribution in [2.45, 2.75) is 49.2 Å². The molecule has 0 atom stereocenters. The highest BCUT2D eigenvalue weighted by Gasteiger charge is 2.51. The molecular formula is C21H23N5OS. The van der Waals surface area contributed by atoms with Crippen LogP contribution in [0.25, 0.3) is 22.1 Å². The fourth-order valence-electron chi connectivity index (χ4n) is 6.29. The number of para-hydroxylation sites is 1. The van der Waals surface area contributed by atoms with E-state index < -0.39 is 0 Å². The summed E-state index contributed by atoms with van der Waals surface area (Å²) in [4.78, 5) is 20.5. The van der Waals surface area contributed by atoms with Crippen molar-refractivity contribution < 1.29 is 4.79 Å². The number of hydrogen-bond donors (Lipinski definition) is 2. The maximum absolute atomic E-state index is 12.7. The Morgan fingerprint density at radius 2 is 1.82 bits per heavy atom. The summed E-state index contributed by atoms with van der Waals surface area (Å²) in [5.41, 5.74) is 2.56. The molecule has 0 saturated heterocycles. The monoisotopic (exact) mass is 393 g/mol. The first-order valence-electron chi connectivity index (χ1n) is 10.2. The number of aromatic amines is 1. The Hall–Kier alpha value is -2.15. The minimum Gasteiger partial charge on any atom is -0.350 e. The molecule has 6 nitrogen and oxygen atoms in total. The van der Waals surface area contributed by atoms with Crippen LogP contribution in [0, 0.1) is 17.8 Å². The van der Waals surface area contributed by atoms with E-state index in [1.807, 2.05) is 24.3 Å². The van der Waals surface area contributed by atoms with Gasteiger partial charge in [0, 0.05) is 16.4 Å². The molecule has 2 aromatic heterocycles. The van der Waals surface area contributed by atoms with Gasteiger partial charge in [0.1, 0.15) is 5.52 Å². The van der Waals surface area contributed by atoms with Crippen molar-refractivity contribution in [2.75, 3.05) is 5.75 Å². The van der Waals surface area contributed by atoms with Gasteiger partial charge in [-0.25, -0.2) is 4.98 Å². The number of thioether (sulfide) groups is 1. The van der Waals surface area contributed by atoms with Crippen molar-refractivity contribution in [1.82, 2.24) is 25.5 Å². The van der Waals surface area contributed by atoms with Crippen LogP contribution in [0.2, 0.25) is 0 Å². The number of fused-ring (bicyclic) bond motifs is 3. The summed E-state index contributed by atoms with van der Waals surface area (Å²) in [7, 11) is 0. The summed E-state index contributed by atoms with van der Waals surface area (Å²) in [6, 6.07) is 7.98. The van der Waals surface area contributed by atoms with E-state index in [2.05, 4.69) is 25.5 Å². The van der Waals surface area contributed by atoms with Gasteiger partial charge in [0.2, 0.25) is 11.1 Å². The highest BCUT2D eigenvalue weighted by molar-refractivity contribution is 7.99. The van der Waals surface area contributed by atoms with Gasteiger partial charge in [-0.3, -0.25) is 4.79 Å². The van der Waals surface area contributed by atoms with Crippen LogP contribution >= 0.6 is 11.8 Å². The molecule has 3 aromatic rings. The van der Waals surface area contributed by atoms with E-state index in [1.165, 1.54) is 50.3 Å². The van der Waals surface area contributed by atoms with Gasteiger partial charge in [-0.1, -0.05) is 30.0 Å². The van der Waals surface area contributed by atoms with Gasteiger partial charge in [0.05, 0.1) is 5.75 Å². The van der Waals surface area contributed by atoms with Gasteiger partial charge in [-0.15, -0.1) is 10.2 Å². The zero-order valence-electron chi connectivity index (χ0n) is 15.6. The number of H-pyrrole nitrogens is 1. The number of nitrogens with zero attached hydrogens (tertiary/aromatic N) is 3. The van der Waals surface area contributed by atoms with Crippen molar-refractivity contribution in [3.63, 3.8) is 0 Å². The smallest absolute Gasteiger partial charge is 0.230 e. The molecule has 0 spiro atoms. The quantitative estimate of drug-likeness (QED) is 0.661. The second-order valence-electron chi connectivity index (χ2n) is 9.00. The molecule has 2 heterocycles. The number of carbonyl (C=O) groups excluding carboxylic acids is 1. The molecule has 1 aromatic carbocycles. The number of nitrogens with one attached hydrogen (secondary N) is 2. The molecule has 0 unspecified atom stereocenters. The van der Waals surface area contributed by atoms with E-state index in [9.17, 15) is 4.79 Å². The zero-order valence-corrected chi connectivity index (χ0v) is 16.5. The molecule has 4 fully saturated rings. The number of amides is 1. The van der Waals surface area contributed by atoms with Crippen molar-refractivity contribution in [3.8, 4) is 0 Å². The number of benzene rings is 1. The Labute approximate surface area is 167 Å². The standard InChI is InChI=1S/C21H23N5OS/c27-17(24-21-8-12-5-13(9-21)7-14(6-12)10-21)11-28-20-23-19-18(25-26-20)15-3-1-2-4-16(15)22-19/h1-4,12-14H,5-11H2,(H,24,27)(H,22,23,26). The largest absolute Gasteiger partial charge is 0.350 e. The number of carbonyl (C=O) groups is 1. The third-order valence-electron chi connectivity index (χ3n) is 6.88. The van der Waals surface area contributed by atoms with Gasteiger partial charge in [-0.05, 0) is 62.3 Å². The van der Waals surface area contributed by atoms with Gasteiger partial charge < -0.3 is 10.3 Å². The van der Waals surface area contributed by atoms with E-state index in [4.69, 9.17) is 0 Å². The second kappa shape index (κ2) is 6.17. The SMILES string of the molecule is O=C(CSc1nnc2c(n1)[nH]c1ccccc12)NC12CC3CC(CC(C3)C1)C2. The van der Waals surface area contributed by atoms with Crippen LogP contribution in [0.4, 0.5) is 0 Å². The lowest BCUT2D eigenvalue weighted by molar-refractivity contribution is -0.124. The molecule has 0 radical (unpaired) electrons. The van der Waals surface area contributed by atoms with Gasteiger partial charge in [-0.2, -0.15) is 0 Å². The second-order valence-corrected chi connectivity index (χ2v) is 9.94. The third-order valence-corrected chi connectivity index (χ3v) is 7.72. The Kier molecular flexibility index (Phi) is 3.70. The average molecular weight is 394 g/mol. The summed E-state index contributed by atoms with van der Waals surface area (Å²) < 4.78 is 0. The molecule has 144 valence electrons. The van der Waals surface area contributed by atoms with Crippen LogP contribution in [0.5, 0.6) is 0 Å². The summed E-state index contributed by atoms with van der Waals surface area (Å²) in [6.07, 6.45) is 7.67. The topological polar surface area (TPSA) is 83.6 Å². The first-order chi connectivity index (χ1) is 13.7. The molecule has 2 N–H and O–H groups in total. The van der Waals surface area contributed by atoms with Crippen molar-refractivity contribution >= 4 is 39.7 Å². The first-order valence-corrected chi connectivity index (χ1v) is 11.2. The fourth-order valence-corrected chi connectivity index (χ4v) is 6.88. The molecule has 4 saturated carbocycles. The first kappa shape index (κ1) is 16.8. The Balaban J connectivity index is 1.15. The van der Waals surface area contributed by atoms with E-state index in [0.29, 0.717) is 10.9 Å². The fraction of sp³-hybridized carbons (Fsp3) is 0.524. The Morgan fingerprint density at radius 1 is 1.11 bits per heavy atom. The Bertz CT molecular complexity index is 1040. The highest BCUT2D eigenvalue weighted by atomic mass is 32.2. The number of rotatable bonds is 4. The van der Waals surface area contributed by atoms with Crippen LogP contribution in [0.15, 0.2) is 29.4 Å². The van der Waals surface area contributed by atoms with E-state index >= 15 is 0 Å². The molecule has 7 heteroatoms. The molecule has 4 aliphatic carbocycles. The third kappa shape index (κ3) is 2.79. The molecule has 7 rings (SSSR count). The minimum absolute atomic E-state index is 0.0621. The van der Waals surface area contributed by atoms with Crippen LogP contribution in [-0.2, 0) is 4.79 Å². The molecule has 28 heavy (non-hydrogen) atoms. The molecule has 4 aliphatic rings. The summed E-state index contributed by atoms with van der Waals surface area (Å²) in [5.74, 6) is 2.94. The highest BCUT2D eigenvalue weighted by Crippen LogP contribution is 2.55.